The molecule has 0 saturated carbocycles. The van der Waals surface area contributed by atoms with E-state index in [4.69, 9.17) is 23.2 Å². The van der Waals surface area contributed by atoms with Gasteiger partial charge in [0.1, 0.15) is 0 Å². The van der Waals surface area contributed by atoms with Gasteiger partial charge in [0.2, 0.25) is 0 Å². The van der Waals surface area contributed by atoms with Crippen molar-refractivity contribution in [2.45, 2.75) is 33.1 Å². The van der Waals surface area contributed by atoms with Crippen LogP contribution in [0.3, 0.4) is 0 Å². The Hall–Kier alpha value is -1.44. The summed E-state index contributed by atoms with van der Waals surface area (Å²) in [6, 6.07) is 12.3. The van der Waals surface area contributed by atoms with Crippen molar-refractivity contribution in [3.05, 3.63) is 75.3 Å². The lowest BCUT2D eigenvalue weighted by molar-refractivity contribution is 0.815. The molecule has 1 N–H and O–H groups in total. The summed E-state index contributed by atoms with van der Waals surface area (Å²) in [5.41, 5.74) is 5.99. The van der Waals surface area contributed by atoms with Crippen molar-refractivity contribution in [1.82, 2.24) is 5.32 Å². The van der Waals surface area contributed by atoms with Crippen LogP contribution >= 0.6 is 23.2 Å². The molecule has 0 amide bonds. The molecule has 0 unspecified atom stereocenters. The summed E-state index contributed by atoms with van der Waals surface area (Å²) >= 11 is 12.2. The van der Waals surface area contributed by atoms with Crippen LogP contribution in [0.5, 0.6) is 0 Å². The SMILES string of the molecule is C=C(NCC)c1ccc(C)c(CCCc2ccc(Cl)cc2Cl)c1. The van der Waals surface area contributed by atoms with Crippen molar-refractivity contribution >= 4 is 28.9 Å². The van der Waals surface area contributed by atoms with E-state index in [1.165, 1.54) is 11.1 Å². The summed E-state index contributed by atoms with van der Waals surface area (Å²) in [7, 11) is 0. The molecule has 23 heavy (non-hydrogen) atoms. The molecule has 0 aromatic heterocycles. The van der Waals surface area contributed by atoms with Gasteiger partial charge in [-0.1, -0.05) is 48.0 Å². The van der Waals surface area contributed by atoms with Crippen LogP contribution in [0.4, 0.5) is 0 Å². The standard InChI is InChI=1S/C20H23Cl2N/c1-4-23-15(3)18-9-8-14(2)17(12-18)7-5-6-16-10-11-19(21)13-20(16)22/h8-13,23H,3-7H2,1-2H3. The summed E-state index contributed by atoms with van der Waals surface area (Å²) in [6.45, 7) is 9.21. The predicted molar refractivity (Wildman–Crippen MR) is 102 cm³/mol. The van der Waals surface area contributed by atoms with Gasteiger partial charge in [0, 0.05) is 22.3 Å². The van der Waals surface area contributed by atoms with Gasteiger partial charge in [0.15, 0.2) is 0 Å². The first-order valence-electron chi connectivity index (χ1n) is 7.98. The molecule has 2 aromatic carbocycles. The number of aryl methyl sites for hydroxylation is 3. The van der Waals surface area contributed by atoms with Gasteiger partial charge in [-0.3, -0.25) is 0 Å². The molecule has 0 aliphatic rings. The Morgan fingerprint density at radius 1 is 1.04 bits per heavy atom. The summed E-state index contributed by atoms with van der Waals surface area (Å²) in [5.74, 6) is 0. The molecular formula is C20H23Cl2N. The summed E-state index contributed by atoms with van der Waals surface area (Å²) < 4.78 is 0. The van der Waals surface area contributed by atoms with Gasteiger partial charge in [0.25, 0.3) is 0 Å². The molecule has 0 atom stereocenters. The number of hydrogen-bond donors (Lipinski definition) is 1. The van der Waals surface area contributed by atoms with E-state index in [9.17, 15) is 0 Å². The van der Waals surface area contributed by atoms with E-state index < -0.39 is 0 Å². The number of rotatable bonds is 7. The largest absolute Gasteiger partial charge is 0.385 e. The molecule has 0 bridgehead atoms. The zero-order valence-corrected chi connectivity index (χ0v) is 15.3. The van der Waals surface area contributed by atoms with E-state index in [1.54, 1.807) is 0 Å². The first-order chi connectivity index (χ1) is 11.0. The number of hydrogen-bond acceptors (Lipinski definition) is 1. The number of benzene rings is 2. The molecule has 0 radical (unpaired) electrons. The Balaban J connectivity index is 2.02. The second kappa shape index (κ2) is 8.42. The second-order valence-electron chi connectivity index (χ2n) is 5.74. The van der Waals surface area contributed by atoms with Crippen LogP contribution in [0.1, 0.15) is 35.6 Å². The molecule has 1 nitrogen and oxygen atoms in total. The van der Waals surface area contributed by atoms with E-state index in [-0.39, 0.29) is 0 Å². The maximum Gasteiger partial charge on any atom is 0.0452 e. The van der Waals surface area contributed by atoms with E-state index >= 15 is 0 Å². The van der Waals surface area contributed by atoms with E-state index in [0.29, 0.717) is 5.02 Å². The van der Waals surface area contributed by atoms with Gasteiger partial charge >= 0.3 is 0 Å². The Labute approximate surface area is 149 Å². The third-order valence-electron chi connectivity index (χ3n) is 4.00. The van der Waals surface area contributed by atoms with Gasteiger partial charge in [-0.05, 0) is 73.6 Å². The van der Waals surface area contributed by atoms with Gasteiger partial charge in [0.05, 0.1) is 0 Å². The minimum Gasteiger partial charge on any atom is -0.385 e. The van der Waals surface area contributed by atoms with E-state index in [0.717, 1.165) is 47.7 Å². The lowest BCUT2D eigenvalue weighted by atomic mass is 9.97. The van der Waals surface area contributed by atoms with Crippen molar-refractivity contribution in [3.8, 4) is 0 Å². The highest BCUT2D eigenvalue weighted by Gasteiger charge is 2.05. The van der Waals surface area contributed by atoms with Crippen molar-refractivity contribution < 1.29 is 0 Å². The fourth-order valence-corrected chi connectivity index (χ4v) is 3.14. The minimum atomic E-state index is 0.684. The minimum absolute atomic E-state index is 0.684. The highest BCUT2D eigenvalue weighted by molar-refractivity contribution is 6.35. The van der Waals surface area contributed by atoms with E-state index in [2.05, 4.69) is 43.9 Å². The first kappa shape index (κ1) is 17.9. The molecule has 3 heteroatoms. The van der Waals surface area contributed by atoms with Gasteiger partial charge < -0.3 is 5.32 Å². The fraction of sp³-hybridized carbons (Fsp3) is 0.300. The van der Waals surface area contributed by atoms with Crippen molar-refractivity contribution in [1.29, 1.82) is 0 Å². The van der Waals surface area contributed by atoms with E-state index in [1.807, 2.05) is 18.2 Å². The topological polar surface area (TPSA) is 12.0 Å². The van der Waals surface area contributed by atoms with Crippen LogP contribution < -0.4 is 5.32 Å². The van der Waals surface area contributed by atoms with Crippen LogP contribution in [0.25, 0.3) is 5.70 Å². The van der Waals surface area contributed by atoms with Crippen molar-refractivity contribution in [3.63, 3.8) is 0 Å². The molecule has 122 valence electrons. The summed E-state index contributed by atoms with van der Waals surface area (Å²) in [5, 5.41) is 4.72. The highest BCUT2D eigenvalue weighted by Crippen LogP contribution is 2.23. The lowest BCUT2D eigenvalue weighted by Crippen LogP contribution is -2.10. The lowest BCUT2D eigenvalue weighted by Gasteiger charge is -2.12. The van der Waals surface area contributed by atoms with Crippen LogP contribution in [0.15, 0.2) is 43.0 Å². The number of halogens is 2. The summed E-state index contributed by atoms with van der Waals surface area (Å²) in [6.07, 6.45) is 3.03. The molecule has 0 spiro atoms. The molecule has 2 rings (SSSR count). The smallest absolute Gasteiger partial charge is 0.0452 e. The van der Waals surface area contributed by atoms with Crippen molar-refractivity contribution in [2.24, 2.45) is 0 Å². The fourth-order valence-electron chi connectivity index (χ4n) is 2.64. The van der Waals surface area contributed by atoms with Gasteiger partial charge in [-0.15, -0.1) is 0 Å². The third-order valence-corrected chi connectivity index (χ3v) is 4.58. The Bertz CT molecular complexity index is 692. The maximum atomic E-state index is 6.24. The Morgan fingerprint density at radius 3 is 2.48 bits per heavy atom. The van der Waals surface area contributed by atoms with Crippen LogP contribution in [0.2, 0.25) is 10.0 Å². The van der Waals surface area contributed by atoms with Crippen LogP contribution in [0, 0.1) is 6.92 Å². The highest BCUT2D eigenvalue weighted by atomic mass is 35.5. The zero-order chi connectivity index (χ0) is 16.8. The Kier molecular flexibility index (Phi) is 6.56. The average Bonchev–Trinajstić information content (AvgIpc) is 2.51. The predicted octanol–water partition coefficient (Wildman–Crippen LogP) is 6.06. The molecule has 2 aromatic rings. The molecule has 0 fully saturated rings. The quantitative estimate of drug-likeness (QED) is 0.641. The molecule has 0 heterocycles. The zero-order valence-electron chi connectivity index (χ0n) is 13.8. The first-order valence-corrected chi connectivity index (χ1v) is 8.73. The Morgan fingerprint density at radius 2 is 1.78 bits per heavy atom. The summed E-state index contributed by atoms with van der Waals surface area (Å²) in [4.78, 5) is 0. The second-order valence-corrected chi connectivity index (χ2v) is 6.58. The average molecular weight is 348 g/mol. The van der Waals surface area contributed by atoms with Crippen LogP contribution in [-0.2, 0) is 12.8 Å². The molecule has 0 saturated heterocycles. The number of nitrogens with one attached hydrogen (secondary N) is 1. The van der Waals surface area contributed by atoms with Gasteiger partial charge in [-0.25, -0.2) is 0 Å². The third kappa shape index (κ3) is 5.02. The molecule has 0 aliphatic carbocycles. The van der Waals surface area contributed by atoms with Gasteiger partial charge in [-0.2, -0.15) is 0 Å². The van der Waals surface area contributed by atoms with Crippen LogP contribution in [-0.4, -0.2) is 6.54 Å². The monoisotopic (exact) mass is 347 g/mol. The molecule has 0 aliphatic heterocycles. The maximum absolute atomic E-state index is 6.24. The normalized spacial score (nSPS) is 10.6. The van der Waals surface area contributed by atoms with Crippen molar-refractivity contribution in [2.75, 3.05) is 6.54 Å². The molecular weight excluding hydrogens is 325 g/mol.